The van der Waals surface area contributed by atoms with E-state index in [-0.39, 0.29) is 51.4 Å². The molecule has 4 aliphatic rings. The number of nitro groups is 4. The minimum absolute atomic E-state index is 0.0202. The molecule has 0 radical (unpaired) electrons. The minimum atomic E-state index is -1.06. The van der Waals surface area contributed by atoms with Crippen LogP contribution in [-0.4, -0.2) is 136 Å². The normalized spacial score (nSPS) is 12.2. The summed E-state index contributed by atoms with van der Waals surface area (Å²) in [6.45, 7) is 19.7. The van der Waals surface area contributed by atoms with Gasteiger partial charge in [0.15, 0.2) is 23.9 Å². The Labute approximate surface area is 672 Å². The van der Waals surface area contributed by atoms with Crippen LogP contribution in [-0.2, 0) is 38.9 Å². The molecular formula is C79H79BrFN23O12. The van der Waals surface area contributed by atoms with Gasteiger partial charge in [0.05, 0.1) is 69.9 Å². The number of H-pyrrole nitrogens is 1. The first-order valence-corrected chi connectivity index (χ1v) is 36.0. The predicted octanol–water partition coefficient (Wildman–Crippen LogP) is 14.7. The third-order valence-electron chi connectivity index (χ3n) is 17.5. The Morgan fingerprint density at radius 1 is 0.664 bits per heavy atom. The second-order valence-electron chi connectivity index (χ2n) is 26.3. The molecule has 4 N–H and O–H groups in total. The lowest BCUT2D eigenvalue weighted by Gasteiger charge is -2.03. The first kappa shape index (κ1) is 85.5. The number of aromatic amines is 1. The standard InChI is InChI=1S/C24H22N6O.C15H14N4O2.C10H10N4O2.C9H10N2.C7H5N3O2.C6H5BrN2O2.C6H6N2O3.CH3F.CH4/c31-23(8-7-20-10-17-2-1-3-18(17)11-25-20)22-15-30(28-27-22)14-21-13-29-12-19(16-4-5-16)6-9-24(29)26-21;20-15(21)14-9-19(17-16-14)7-10-5-13-4-3-12(11-1-2-11)8-18(13)6-10;1-11-10-6-8(4-5-13(2)3)9(7-12-10)14(15)16;10-5-9-4-7-2-1-3-8(7)6-11-9;1-5-3-7(8-2)9-4-6(5)10(11)12;1-4-2-6(7)8-3-5(4)9(10)11;1-4-2-6(9)7-3-5(4)8(10)11;1-2;/h1-2,6,9-13,15-16H,3-5,7-8,14H2;3-6,8-9,11H,1-2,7H2,(H,20,21);4-7H,2-3H3;1-2,4,6H,3,5,10H2;3-4H,1H3;2-3H,1H3;2-3H,1H3,(H,7,9);1H3;1H4/b;;5-4+;;;;;;/i;;;;;;;;1D. The average molecular weight is 1640 g/mol. The predicted molar refractivity (Wildman–Crippen MR) is 434 cm³/mol. The van der Waals surface area contributed by atoms with Gasteiger partial charge in [-0.15, -0.1) is 20.2 Å². The quantitative estimate of drug-likeness (QED) is 0.0236. The lowest BCUT2D eigenvalue weighted by atomic mass is 10.1. The highest BCUT2D eigenvalue weighted by Gasteiger charge is 2.26. The Hall–Kier alpha value is -14.5. The van der Waals surface area contributed by atoms with Crippen LogP contribution in [0.5, 0.6) is 0 Å². The molecule has 0 saturated heterocycles. The first-order chi connectivity index (χ1) is 56.2. The maximum atomic E-state index is 12.6. The number of rotatable bonds is 18. The molecule has 35 nitrogen and oxygen atoms in total. The first-order valence-electron chi connectivity index (χ1n) is 36.2. The fourth-order valence-electron chi connectivity index (χ4n) is 11.3. The van der Waals surface area contributed by atoms with Crippen LogP contribution in [0.4, 0.5) is 38.8 Å². The summed E-state index contributed by atoms with van der Waals surface area (Å²) in [6.07, 6.45) is 39.8. The molecule has 0 atom stereocenters. The third kappa shape index (κ3) is 24.8. The lowest BCUT2D eigenvalue weighted by Crippen LogP contribution is -2.05. The lowest BCUT2D eigenvalue weighted by molar-refractivity contribution is -0.385. The van der Waals surface area contributed by atoms with E-state index in [1.54, 1.807) is 66.7 Å². The van der Waals surface area contributed by atoms with Gasteiger partial charge in [-0.2, -0.15) is 0 Å². The molecular weight excluding hydrogens is 1560 g/mol. The molecule has 0 unspecified atom stereocenters. The third-order valence-corrected chi connectivity index (χ3v) is 17.9. The van der Waals surface area contributed by atoms with Gasteiger partial charge >= 0.3 is 17.3 Å². The number of aryl methyl sites for hydroxylation is 4. The van der Waals surface area contributed by atoms with Crippen molar-refractivity contribution in [1.82, 2.24) is 78.6 Å². The number of carbonyl (C=O) groups excluding carboxylic acids is 1. The van der Waals surface area contributed by atoms with E-state index in [0.717, 1.165) is 71.2 Å². The van der Waals surface area contributed by atoms with Crippen molar-refractivity contribution in [2.45, 2.75) is 111 Å². The number of allylic oxidation sites excluding steroid dienone is 2. The highest BCUT2D eigenvalue weighted by Crippen LogP contribution is 2.41. The number of halogens is 2. The Balaban J connectivity index is 0.000000176. The number of hydrogen-bond donors (Lipinski definition) is 3. The summed E-state index contributed by atoms with van der Waals surface area (Å²) in [6, 6.07) is 20.3. The number of pyridine rings is 8. The number of carboxylic acids is 1. The topological polar surface area (TPSA) is 445 Å². The molecule has 4 aliphatic carbocycles. The van der Waals surface area contributed by atoms with Gasteiger partial charge in [0.2, 0.25) is 5.56 Å². The van der Waals surface area contributed by atoms with Gasteiger partial charge in [-0.25, -0.2) is 24.1 Å². The maximum Gasteiger partial charge on any atom is 0.358 e. The molecule has 596 valence electrons. The highest BCUT2D eigenvalue weighted by molar-refractivity contribution is 9.10. The molecule has 0 bridgehead atoms. The molecule has 37 heteroatoms. The van der Waals surface area contributed by atoms with Gasteiger partial charge in [-0.05, 0) is 193 Å². The summed E-state index contributed by atoms with van der Waals surface area (Å²) in [4.78, 5) is 108. The van der Waals surface area contributed by atoms with E-state index in [0.29, 0.717) is 78.1 Å². The number of nitrogens with zero attached hydrogens (tertiary/aromatic N) is 21. The van der Waals surface area contributed by atoms with Gasteiger partial charge in [0.25, 0.3) is 23.0 Å². The van der Waals surface area contributed by atoms with Crippen LogP contribution in [0.15, 0.2) is 169 Å². The Bertz CT molecular complexity index is 5840. The van der Waals surface area contributed by atoms with E-state index in [1.807, 2.05) is 18.6 Å². The number of carbonyl (C=O) groups is 2. The van der Waals surface area contributed by atoms with E-state index in [2.05, 4.69) is 175 Å². The van der Waals surface area contributed by atoms with Crippen LogP contribution in [0.2, 0.25) is 0 Å². The maximum absolute atomic E-state index is 12.6. The van der Waals surface area contributed by atoms with Gasteiger partial charge in [-0.1, -0.05) is 67.4 Å². The van der Waals surface area contributed by atoms with E-state index < -0.39 is 25.7 Å². The molecule has 12 heterocycles. The van der Waals surface area contributed by atoms with E-state index in [4.69, 9.17) is 25.4 Å². The monoisotopic (exact) mass is 1640 g/mol. The van der Waals surface area contributed by atoms with Crippen LogP contribution in [0, 0.1) is 74.4 Å². The number of fused-ring (bicyclic) bond motifs is 4. The number of nitrogens with two attached hydrogens (primary N) is 1. The van der Waals surface area contributed by atoms with Gasteiger partial charge in [0.1, 0.15) is 22.1 Å². The van der Waals surface area contributed by atoms with Crippen LogP contribution in [0.1, 0.15) is 152 Å². The SMILES string of the molecule is CF.Cc1cc(=O)[nH]cc1[N+](=O)[O-].Cc1cc(Br)ncc1[N+](=O)[O-].NCc1cc2c(cn1)CC=C2.O=C(CCc1cc2c(cn1)CC=C2)c1cn(Cc2cn3cc(C4CC4)ccc3n2)nn1.O=C(O)c1cn(Cc2cc3ccc(C4CC4)cn3c2)nn1.[2H]C.[C-]#[N+]c1cc(/C=C/N(C)C)c([N+](=O)[O-])cn1.[C-]#[N+]c1cc(C)c([N+](=O)[O-])cn1. The number of aromatic carboxylic acids is 1. The fourth-order valence-corrected chi connectivity index (χ4v) is 11.8. The largest absolute Gasteiger partial charge is 0.476 e. The van der Waals surface area contributed by atoms with Crippen molar-refractivity contribution in [1.29, 1.82) is 0 Å². The highest BCUT2D eigenvalue weighted by atomic mass is 79.9. The molecule has 2 fully saturated rings. The zero-order valence-electron chi connectivity index (χ0n) is 64.8. The van der Waals surface area contributed by atoms with Gasteiger partial charge < -0.3 is 39.2 Å². The van der Waals surface area contributed by atoms with Crippen LogP contribution in [0.25, 0.3) is 39.1 Å². The van der Waals surface area contributed by atoms with Crippen LogP contribution < -0.4 is 11.3 Å². The number of imidazole rings is 1. The molecule has 116 heavy (non-hydrogen) atoms. The number of hydrogen-bond acceptors (Lipinski definition) is 23. The summed E-state index contributed by atoms with van der Waals surface area (Å²) < 4.78 is 23.3. The second-order valence-corrected chi connectivity index (χ2v) is 27.1. The second kappa shape index (κ2) is 41.2. The van der Waals surface area contributed by atoms with E-state index in [1.165, 1.54) is 104 Å². The molecule has 12 aromatic heterocycles. The number of ketones is 1. The average Bonchev–Trinajstić information content (AvgIpc) is 1.66. The molecule has 0 spiro atoms. The Morgan fingerprint density at radius 2 is 1.20 bits per heavy atom. The molecule has 0 aliphatic heterocycles. The fraction of sp³-hybridized carbons (Fsp3) is 0.253. The summed E-state index contributed by atoms with van der Waals surface area (Å²) in [5.74, 6) is 0.684. The Morgan fingerprint density at radius 3 is 1.75 bits per heavy atom. The minimum Gasteiger partial charge on any atom is -0.476 e. The molecule has 0 amide bonds. The molecule has 16 rings (SSSR count). The van der Waals surface area contributed by atoms with Crippen LogP contribution >= 0.6 is 15.9 Å². The van der Waals surface area contributed by atoms with Crippen LogP contribution in [0.3, 0.4) is 0 Å². The van der Waals surface area contributed by atoms with Crippen molar-refractivity contribution in [3.8, 4) is 0 Å². The summed E-state index contributed by atoms with van der Waals surface area (Å²) in [5.41, 5.74) is 20.9. The van der Waals surface area contributed by atoms with E-state index in [9.17, 15) is 59.2 Å². The number of nitrogens with one attached hydrogen (secondary N) is 1. The molecule has 12 aromatic rings. The van der Waals surface area contributed by atoms with Crippen molar-refractivity contribution >= 4 is 91.5 Å². The molecule has 2 saturated carbocycles. The number of aromatic nitrogens is 15. The van der Waals surface area contributed by atoms with Crippen molar-refractivity contribution in [3.63, 3.8) is 0 Å². The number of carboxylic acid groups (broad SMARTS) is 1. The molecule has 0 aromatic carbocycles. The summed E-state index contributed by atoms with van der Waals surface area (Å²) in [5, 5.41) is 66.0. The smallest absolute Gasteiger partial charge is 0.358 e. The van der Waals surface area contributed by atoms with Gasteiger partial charge in [-0.3, -0.25) is 64.4 Å². The Kier molecular flexibility index (Phi) is 30.4. The van der Waals surface area contributed by atoms with Crippen molar-refractivity contribution < 1.29 is 40.2 Å². The van der Waals surface area contributed by atoms with E-state index >= 15 is 0 Å². The van der Waals surface area contributed by atoms with Crippen molar-refractivity contribution in [2.75, 3.05) is 21.3 Å². The zero-order chi connectivity index (χ0) is 85.0. The van der Waals surface area contributed by atoms with Crippen molar-refractivity contribution in [2.24, 2.45) is 5.73 Å². The van der Waals surface area contributed by atoms with Gasteiger partial charge in [0, 0.05) is 105 Å². The zero-order valence-corrected chi connectivity index (χ0v) is 65.4. The number of Topliss-reactive ketones (excluding diaryl/α,β-unsaturated/α-hetero) is 1. The summed E-state index contributed by atoms with van der Waals surface area (Å²) >= 11 is 3.11. The van der Waals surface area contributed by atoms with Crippen molar-refractivity contribution in [3.05, 3.63) is 327 Å². The number of alkyl halides is 1. The summed E-state index contributed by atoms with van der Waals surface area (Å²) in [7, 11) is 5.36.